The van der Waals surface area contributed by atoms with Crippen LogP contribution >= 0.6 is 15.9 Å². The van der Waals surface area contributed by atoms with E-state index in [-0.39, 0.29) is 24.2 Å². The van der Waals surface area contributed by atoms with Crippen molar-refractivity contribution in [3.8, 4) is 11.5 Å². The Hall–Kier alpha value is -2.48. The topological polar surface area (TPSA) is 89.8 Å². The first-order valence-electron chi connectivity index (χ1n) is 7.63. The lowest BCUT2D eigenvalue weighted by molar-refractivity contribution is -0.123. The number of halogens is 1. The lowest BCUT2D eigenvalue weighted by Crippen LogP contribution is -2.28. The molecule has 134 valence electrons. The van der Waals surface area contributed by atoms with Crippen LogP contribution in [-0.4, -0.2) is 32.1 Å². The molecule has 1 heterocycles. The quantitative estimate of drug-likeness (QED) is 0.697. The van der Waals surface area contributed by atoms with Crippen LogP contribution in [0.3, 0.4) is 0 Å². The van der Waals surface area contributed by atoms with Crippen LogP contribution < -0.4 is 20.1 Å². The molecule has 0 bridgehead atoms. The van der Waals surface area contributed by atoms with Gasteiger partial charge in [-0.1, -0.05) is 6.07 Å². The van der Waals surface area contributed by atoms with Gasteiger partial charge in [-0.05, 0) is 52.7 Å². The number of amides is 2. The highest BCUT2D eigenvalue weighted by Gasteiger charge is 2.12. The zero-order valence-corrected chi connectivity index (χ0v) is 15.5. The van der Waals surface area contributed by atoms with Gasteiger partial charge in [-0.25, -0.2) is 0 Å². The smallest absolute Gasteiger partial charge is 0.287 e. The molecule has 2 aromatic rings. The number of carbonyl (C=O) groups is 2. The highest BCUT2D eigenvalue weighted by molar-refractivity contribution is 9.10. The molecule has 0 aliphatic heterocycles. The Kier molecular flexibility index (Phi) is 6.88. The molecule has 8 heteroatoms. The molecule has 0 spiro atoms. The number of benzene rings is 1. The molecule has 1 aromatic carbocycles. The molecule has 0 fully saturated rings. The van der Waals surface area contributed by atoms with Crippen LogP contribution in [0.25, 0.3) is 0 Å². The highest BCUT2D eigenvalue weighted by atomic mass is 79.9. The van der Waals surface area contributed by atoms with E-state index in [2.05, 4.69) is 26.6 Å². The van der Waals surface area contributed by atoms with Gasteiger partial charge in [-0.3, -0.25) is 9.59 Å². The Bertz CT molecular complexity index is 744. The third kappa shape index (κ3) is 5.53. The standard InChI is InChI=1S/C17H19BrN2O5/c1-3-19-16(21)10-24-12-5-4-11(8-14(12)23-2)9-20-17(22)13-6-7-15(18)25-13/h4-8H,3,9-10H2,1-2H3,(H,19,21)(H,20,22). The second-order valence-corrected chi connectivity index (χ2v) is 5.80. The normalized spacial score (nSPS) is 10.2. The Morgan fingerprint density at radius 3 is 2.60 bits per heavy atom. The van der Waals surface area contributed by atoms with Crippen molar-refractivity contribution in [2.75, 3.05) is 20.3 Å². The van der Waals surface area contributed by atoms with Crippen molar-refractivity contribution in [2.24, 2.45) is 0 Å². The van der Waals surface area contributed by atoms with Crippen LogP contribution in [0.15, 0.2) is 39.4 Å². The summed E-state index contributed by atoms with van der Waals surface area (Å²) >= 11 is 3.15. The summed E-state index contributed by atoms with van der Waals surface area (Å²) in [4.78, 5) is 23.4. The van der Waals surface area contributed by atoms with Crippen LogP contribution in [-0.2, 0) is 11.3 Å². The lowest BCUT2D eigenvalue weighted by Gasteiger charge is -2.12. The molecule has 0 unspecified atom stereocenters. The Morgan fingerprint density at radius 2 is 1.96 bits per heavy atom. The number of hydrogen-bond donors (Lipinski definition) is 2. The van der Waals surface area contributed by atoms with E-state index in [1.54, 1.807) is 30.3 Å². The molecule has 0 aliphatic rings. The van der Waals surface area contributed by atoms with Gasteiger partial charge in [0.2, 0.25) is 0 Å². The van der Waals surface area contributed by atoms with Gasteiger partial charge in [0.1, 0.15) is 0 Å². The summed E-state index contributed by atoms with van der Waals surface area (Å²) in [5, 5.41) is 5.40. The molecule has 0 saturated carbocycles. The van der Waals surface area contributed by atoms with Crippen LogP contribution in [0.5, 0.6) is 11.5 Å². The van der Waals surface area contributed by atoms with Crippen molar-refractivity contribution in [2.45, 2.75) is 13.5 Å². The molecule has 2 N–H and O–H groups in total. The minimum absolute atomic E-state index is 0.0896. The van der Waals surface area contributed by atoms with E-state index < -0.39 is 0 Å². The van der Waals surface area contributed by atoms with Gasteiger partial charge in [0.25, 0.3) is 11.8 Å². The Balaban J connectivity index is 1.95. The molecular weight excluding hydrogens is 392 g/mol. The SMILES string of the molecule is CCNC(=O)COc1ccc(CNC(=O)c2ccc(Br)o2)cc1OC. The fourth-order valence-corrected chi connectivity index (χ4v) is 2.35. The molecule has 0 saturated heterocycles. The summed E-state index contributed by atoms with van der Waals surface area (Å²) in [6.07, 6.45) is 0. The molecule has 0 atom stereocenters. The Morgan fingerprint density at radius 1 is 1.16 bits per heavy atom. The van der Waals surface area contributed by atoms with E-state index in [4.69, 9.17) is 13.9 Å². The van der Waals surface area contributed by atoms with Gasteiger partial charge >= 0.3 is 0 Å². The van der Waals surface area contributed by atoms with Crippen molar-refractivity contribution in [1.29, 1.82) is 0 Å². The zero-order valence-electron chi connectivity index (χ0n) is 13.9. The minimum Gasteiger partial charge on any atom is -0.493 e. The summed E-state index contributed by atoms with van der Waals surface area (Å²) < 4.78 is 16.4. The van der Waals surface area contributed by atoms with Crippen LogP contribution in [0.1, 0.15) is 23.0 Å². The lowest BCUT2D eigenvalue weighted by atomic mass is 10.2. The van der Waals surface area contributed by atoms with Crippen molar-refractivity contribution >= 4 is 27.7 Å². The van der Waals surface area contributed by atoms with Gasteiger partial charge in [-0.2, -0.15) is 0 Å². The molecule has 1 aromatic heterocycles. The van der Waals surface area contributed by atoms with E-state index in [0.717, 1.165) is 5.56 Å². The van der Waals surface area contributed by atoms with E-state index >= 15 is 0 Å². The number of furan rings is 1. The molecule has 0 radical (unpaired) electrons. The fourth-order valence-electron chi connectivity index (χ4n) is 2.04. The van der Waals surface area contributed by atoms with Gasteiger partial charge in [0, 0.05) is 13.1 Å². The second kappa shape index (κ2) is 9.12. The molecule has 2 amide bonds. The third-order valence-corrected chi connectivity index (χ3v) is 3.64. The first-order chi connectivity index (χ1) is 12.0. The number of carbonyl (C=O) groups excluding carboxylic acids is 2. The predicted octanol–water partition coefficient (Wildman–Crippen LogP) is 2.50. The molecular formula is C17H19BrN2O5. The minimum atomic E-state index is -0.318. The maximum atomic E-state index is 12.0. The first-order valence-corrected chi connectivity index (χ1v) is 8.42. The zero-order chi connectivity index (χ0) is 18.2. The maximum absolute atomic E-state index is 12.0. The van der Waals surface area contributed by atoms with Crippen LogP contribution in [0.4, 0.5) is 0 Å². The summed E-state index contributed by atoms with van der Waals surface area (Å²) in [6.45, 7) is 2.59. The average molecular weight is 411 g/mol. The molecule has 25 heavy (non-hydrogen) atoms. The summed E-state index contributed by atoms with van der Waals surface area (Å²) in [5.74, 6) is 0.642. The molecule has 0 aliphatic carbocycles. The number of ether oxygens (including phenoxy) is 2. The fraction of sp³-hybridized carbons (Fsp3) is 0.294. The average Bonchev–Trinajstić information content (AvgIpc) is 3.05. The summed E-state index contributed by atoms with van der Waals surface area (Å²) in [7, 11) is 1.51. The first kappa shape index (κ1) is 18.9. The van der Waals surface area contributed by atoms with Crippen molar-refractivity contribution < 1.29 is 23.5 Å². The maximum Gasteiger partial charge on any atom is 0.287 e. The molecule has 7 nitrogen and oxygen atoms in total. The van der Waals surface area contributed by atoms with Gasteiger partial charge < -0.3 is 24.5 Å². The van der Waals surface area contributed by atoms with Gasteiger partial charge in [-0.15, -0.1) is 0 Å². The van der Waals surface area contributed by atoms with Crippen molar-refractivity contribution in [3.63, 3.8) is 0 Å². The largest absolute Gasteiger partial charge is 0.493 e. The number of methoxy groups -OCH3 is 1. The number of rotatable bonds is 8. The van der Waals surface area contributed by atoms with Crippen molar-refractivity contribution in [1.82, 2.24) is 10.6 Å². The van der Waals surface area contributed by atoms with E-state index in [9.17, 15) is 9.59 Å². The van der Waals surface area contributed by atoms with E-state index in [1.807, 2.05) is 6.92 Å². The number of likely N-dealkylation sites (N-methyl/N-ethyl adjacent to an activating group) is 1. The van der Waals surface area contributed by atoms with Crippen LogP contribution in [0.2, 0.25) is 0 Å². The monoisotopic (exact) mass is 410 g/mol. The van der Waals surface area contributed by atoms with Crippen LogP contribution in [0, 0.1) is 0 Å². The number of hydrogen-bond acceptors (Lipinski definition) is 5. The predicted molar refractivity (Wildman–Crippen MR) is 94.8 cm³/mol. The molecule has 2 rings (SSSR count). The number of nitrogens with one attached hydrogen (secondary N) is 2. The summed E-state index contributed by atoms with van der Waals surface area (Å²) in [6, 6.07) is 8.46. The Labute approximate surface area is 153 Å². The summed E-state index contributed by atoms with van der Waals surface area (Å²) in [5.41, 5.74) is 0.821. The van der Waals surface area contributed by atoms with E-state index in [0.29, 0.717) is 29.3 Å². The van der Waals surface area contributed by atoms with E-state index in [1.165, 1.54) is 7.11 Å². The third-order valence-electron chi connectivity index (χ3n) is 3.21. The van der Waals surface area contributed by atoms with Crippen molar-refractivity contribution in [3.05, 3.63) is 46.3 Å². The van der Waals surface area contributed by atoms with Gasteiger partial charge in [0.05, 0.1) is 7.11 Å². The van der Waals surface area contributed by atoms with Gasteiger partial charge in [0.15, 0.2) is 28.5 Å². The second-order valence-electron chi connectivity index (χ2n) is 5.01. The highest BCUT2D eigenvalue weighted by Crippen LogP contribution is 2.28.